The molecule has 1 saturated heterocycles. The Morgan fingerprint density at radius 3 is 2.47 bits per heavy atom. The fourth-order valence-electron chi connectivity index (χ4n) is 2.03. The SMILES string of the molecule is CN(C(=O)c1ccc(I)cc1)C1CCOCC1. The summed E-state index contributed by atoms with van der Waals surface area (Å²) in [5.41, 5.74) is 0.763. The zero-order valence-corrected chi connectivity index (χ0v) is 12.0. The Bertz CT molecular complexity index is 385. The lowest BCUT2D eigenvalue weighted by Crippen LogP contribution is -2.40. The quantitative estimate of drug-likeness (QED) is 0.771. The fourth-order valence-corrected chi connectivity index (χ4v) is 2.39. The molecule has 0 bridgehead atoms. The van der Waals surface area contributed by atoms with Crippen LogP contribution in [0, 0.1) is 3.57 Å². The molecule has 1 aliphatic heterocycles. The summed E-state index contributed by atoms with van der Waals surface area (Å²) >= 11 is 2.24. The van der Waals surface area contributed by atoms with E-state index < -0.39 is 0 Å². The van der Waals surface area contributed by atoms with Gasteiger partial charge in [0, 0.05) is 35.4 Å². The van der Waals surface area contributed by atoms with Crippen molar-refractivity contribution in [2.24, 2.45) is 0 Å². The second kappa shape index (κ2) is 5.82. The average Bonchev–Trinajstić information content (AvgIpc) is 2.39. The van der Waals surface area contributed by atoms with E-state index in [4.69, 9.17) is 4.74 Å². The number of carbonyl (C=O) groups is 1. The van der Waals surface area contributed by atoms with E-state index in [0.717, 1.165) is 35.2 Å². The Morgan fingerprint density at radius 1 is 1.29 bits per heavy atom. The molecule has 1 aliphatic rings. The summed E-state index contributed by atoms with van der Waals surface area (Å²) in [4.78, 5) is 14.1. The van der Waals surface area contributed by atoms with E-state index in [1.54, 1.807) is 0 Å². The average molecular weight is 345 g/mol. The Hall–Kier alpha value is -0.620. The predicted molar refractivity (Wildman–Crippen MR) is 75.1 cm³/mol. The minimum atomic E-state index is 0.105. The molecule has 2 rings (SSSR count). The molecule has 0 atom stereocenters. The van der Waals surface area contributed by atoms with E-state index in [-0.39, 0.29) is 5.91 Å². The van der Waals surface area contributed by atoms with Crippen LogP contribution in [0.3, 0.4) is 0 Å². The summed E-state index contributed by atoms with van der Waals surface area (Å²) in [5, 5.41) is 0. The lowest BCUT2D eigenvalue weighted by Gasteiger charge is -2.31. The lowest BCUT2D eigenvalue weighted by molar-refractivity contribution is 0.0362. The molecule has 1 heterocycles. The van der Waals surface area contributed by atoms with Crippen molar-refractivity contribution in [3.05, 3.63) is 33.4 Å². The van der Waals surface area contributed by atoms with Crippen molar-refractivity contribution in [1.82, 2.24) is 4.90 Å². The van der Waals surface area contributed by atoms with Crippen molar-refractivity contribution >= 4 is 28.5 Å². The molecule has 0 N–H and O–H groups in total. The van der Waals surface area contributed by atoms with Crippen LogP contribution in [0.4, 0.5) is 0 Å². The zero-order chi connectivity index (χ0) is 12.3. The minimum Gasteiger partial charge on any atom is -0.381 e. The predicted octanol–water partition coefficient (Wildman–Crippen LogP) is 2.54. The molecule has 3 nitrogen and oxygen atoms in total. The number of halogens is 1. The third-order valence-electron chi connectivity index (χ3n) is 3.15. The van der Waals surface area contributed by atoms with E-state index in [2.05, 4.69) is 22.6 Å². The van der Waals surface area contributed by atoms with Crippen LogP contribution < -0.4 is 0 Å². The van der Waals surface area contributed by atoms with Crippen molar-refractivity contribution in [2.75, 3.05) is 20.3 Å². The molecule has 1 fully saturated rings. The van der Waals surface area contributed by atoms with Crippen LogP contribution in [-0.2, 0) is 4.74 Å². The van der Waals surface area contributed by atoms with E-state index in [1.807, 2.05) is 36.2 Å². The fraction of sp³-hybridized carbons (Fsp3) is 0.462. The Labute approximate surface area is 115 Å². The van der Waals surface area contributed by atoms with Crippen LogP contribution in [-0.4, -0.2) is 37.1 Å². The summed E-state index contributed by atoms with van der Waals surface area (Å²) < 4.78 is 6.46. The van der Waals surface area contributed by atoms with E-state index in [1.165, 1.54) is 0 Å². The van der Waals surface area contributed by atoms with Gasteiger partial charge < -0.3 is 9.64 Å². The number of ether oxygens (including phenoxy) is 1. The highest BCUT2D eigenvalue weighted by atomic mass is 127. The summed E-state index contributed by atoms with van der Waals surface area (Å²) in [6.07, 6.45) is 1.87. The number of hydrogen-bond donors (Lipinski definition) is 0. The maximum Gasteiger partial charge on any atom is 0.253 e. The highest BCUT2D eigenvalue weighted by Crippen LogP contribution is 2.16. The third-order valence-corrected chi connectivity index (χ3v) is 3.87. The van der Waals surface area contributed by atoms with Crippen LogP contribution in [0.5, 0.6) is 0 Å². The molecule has 0 aliphatic carbocycles. The topological polar surface area (TPSA) is 29.5 Å². The molecule has 1 aromatic rings. The first-order valence-corrected chi connectivity index (χ1v) is 6.87. The maximum absolute atomic E-state index is 12.2. The molecule has 1 amide bonds. The molecular formula is C13H16INO2. The van der Waals surface area contributed by atoms with Crippen LogP contribution in [0.1, 0.15) is 23.2 Å². The number of hydrogen-bond acceptors (Lipinski definition) is 2. The van der Waals surface area contributed by atoms with Gasteiger partial charge in [-0.1, -0.05) is 0 Å². The molecule has 0 aromatic heterocycles. The molecule has 17 heavy (non-hydrogen) atoms. The second-order valence-corrected chi connectivity index (χ2v) is 5.51. The lowest BCUT2D eigenvalue weighted by atomic mass is 10.1. The van der Waals surface area contributed by atoms with Gasteiger partial charge in [0.05, 0.1) is 0 Å². The molecule has 0 saturated carbocycles. The second-order valence-electron chi connectivity index (χ2n) is 4.27. The molecule has 4 heteroatoms. The maximum atomic E-state index is 12.2. The molecule has 1 aromatic carbocycles. The standard InChI is InChI=1S/C13H16INO2/c1-15(12-6-8-17-9-7-12)13(16)10-2-4-11(14)5-3-10/h2-5,12H,6-9H2,1H3. The minimum absolute atomic E-state index is 0.105. The number of benzene rings is 1. The van der Waals surface area contributed by atoms with Crippen LogP contribution in [0.25, 0.3) is 0 Å². The van der Waals surface area contributed by atoms with Crippen molar-refractivity contribution in [3.8, 4) is 0 Å². The van der Waals surface area contributed by atoms with E-state index in [9.17, 15) is 4.79 Å². The van der Waals surface area contributed by atoms with Gasteiger partial charge in [0.15, 0.2) is 0 Å². The Balaban J connectivity index is 2.05. The van der Waals surface area contributed by atoms with Crippen molar-refractivity contribution < 1.29 is 9.53 Å². The molecule has 0 radical (unpaired) electrons. The number of rotatable bonds is 2. The largest absolute Gasteiger partial charge is 0.381 e. The Kier molecular flexibility index (Phi) is 4.39. The highest BCUT2D eigenvalue weighted by molar-refractivity contribution is 14.1. The Morgan fingerprint density at radius 2 is 1.88 bits per heavy atom. The smallest absolute Gasteiger partial charge is 0.253 e. The van der Waals surface area contributed by atoms with Crippen LogP contribution >= 0.6 is 22.6 Å². The molecule has 0 spiro atoms. The van der Waals surface area contributed by atoms with Crippen molar-refractivity contribution in [2.45, 2.75) is 18.9 Å². The first-order valence-electron chi connectivity index (χ1n) is 5.79. The summed E-state index contributed by atoms with van der Waals surface area (Å²) in [7, 11) is 1.89. The van der Waals surface area contributed by atoms with Crippen molar-refractivity contribution in [3.63, 3.8) is 0 Å². The van der Waals surface area contributed by atoms with Gasteiger partial charge in [-0.25, -0.2) is 0 Å². The van der Waals surface area contributed by atoms with Gasteiger partial charge in [-0.2, -0.15) is 0 Å². The van der Waals surface area contributed by atoms with Crippen LogP contribution in [0.2, 0.25) is 0 Å². The monoisotopic (exact) mass is 345 g/mol. The normalized spacial score (nSPS) is 16.8. The van der Waals surface area contributed by atoms with Crippen molar-refractivity contribution in [1.29, 1.82) is 0 Å². The van der Waals surface area contributed by atoms with Gasteiger partial charge in [0.1, 0.15) is 0 Å². The first-order chi connectivity index (χ1) is 8.18. The van der Waals surface area contributed by atoms with Gasteiger partial charge in [-0.3, -0.25) is 4.79 Å². The van der Waals surface area contributed by atoms with Gasteiger partial charge in [0.25, 0.3) is 5.91 Å². The zero-order valence-electron chi connectivity index (χ0n) is 9.86. The number of nitrogens with zero attached hydrogens (tertiary/aromatic N) is 1. The van der Waals surface area contributed by atoms with Gasteiger partial charge in [-0.05, 0) is 59.7 Å². The summed E-state index contributed by atoms with van der Waals surface area (Å²) in [6, 6.07) is 8.02. The third kappa shape index (κ3) is 3.19. The molecule has 92 valence electrons. The number of carbonyl (C=O) groups excluding carboxylic acids is 1. The molecule has 0 unspecified atom stereocenters. The van der Waals surface area contributed by atoms with E-state index in [0.29, 0.717) is 6.04 Å². The van der Waals surface area contributed by atoms with Gasteiger partial charge >= 0.3 is 0 Å². The first kappa shape index (κ1) is 12.8. The van der Waals surface area contributed by atoms with Gasteiger partial charge in [-0.15, -0.1) is 0 Å². The van der Waals surface area contributed by atoms with Gasteiger partial charge in [0.2, 0.25) is 0 Å². The highest BCUT2D eigenvalue weighted by Gasteiger charge is 2.23. The summed E-state index contributed by atoms with van der Waals surface area (Å²) in [6.45, 7) is 1.52. The molecular weight excluding hydrogens is 329 g/mol. The van der Waals surface area contributed by atoms with Crippen LogP contribution in [0.15, 0.2) is 24.3 Å². The summed E-state index contributed by atoms with van der Waals surface area (Å²) in [5.74, 6) is 0.105. The number of amides is 1. The van der Waals surface area contributed by atoms with E-state index >= 15 is 0 Å².